The Kier molecular flexibility index (Phi) is 7.03. The molecule has 1 aliphatic heterocycles. The molecule has 1 N–H and O–H groups in total. The Bertz CT molecular complexity index is 569. The number of likely N-dealkylation sites (tertiary alicyclic amines) is 1. The van der Waals surface area contributed by atoms with E-state index in [1.807, 2.05) is 23.1 Å². The third-order valence-electron chi connectivity index (χ3n) is 5.23. The summed E-state index contributed by atoms with van der Waals surface area (Å²) in [5.74, 6) is -0.189. The highest BCUT2D eigenvalue weighted by Crippen LogP contribution is 2.27. The molecule has 0 spiro atoms. The summed E-state index contributed by atoms with van der Waals surface area (Å²) in [5, 5.41) is 2.96. The molecule has 1 heterocycles. The van der Waals surface area contributed by atoms with E-state index in [-0.39, 0.29) is 17.9 Å². The summed E-state index contributed by atoms with van der Waals surface area (Å²) in [6, 6.07) is 10.5. The molecular formula is C21H32N2O2. The zero-order chi connectivity index (χ0) is 18.3. The van der Waals surface area contributed by atoms with Crippen molar-refractivity contribution in [1.82, 2.24) is 10.2 Å². The quantitative estimate of drug-likeness (QED) is 0.607. The van der Waals surface area contributed by atoms with Crippen molar-refractivity contribution in [3.63, 3.8) is 0 Å². The van der Waals surface area contributed by atoms with E-state index < -0.39 is 5.41 Å². The predicted molar refractivity (Wildman–Crippen MR) is 101 cm³/mol. The molecule has 4 heteroatoms. The van der Waals surface area contributed by atoms with Gasteiger partial charge in [0.2, 0.25) is 11.8 Å². The Morgan fingerprint density at radius 3 is 2.60 bits per heavy atom. The van der Waals surface area contributed by atoms with Crippen molar-refractivity contribution in [2.45, 2.75) is 65.3 Å². The number of amides is 2. The van der Waals surface area contributed by atoms with Gasteiger partial charge in [0.15, 0.2) is 0 Å². The Balaban J connectivity index is 1.84. The van der Waals surface area contributed by atoms with Crippen LogP contribution in [0.4, 0.5) is 0 Å². The SMILES string of the molecule is CCC1CCCCN1C(=O)C(C)(C)C(=O)NCCCc1ccccc1. The topological polar surface area (TPSA) is 49.4 Å². The van der Waals surface area contributed by atoms with Crippen molar-refractivity contribution < 1.29 is 9.59 Å². The van der Waals surface area contributed by atoms with Crippen LogP contribution in [0, 0.1) is 5.41 Å². The number of aryl methyl sites for hydroxylation is 1. The van der Waals surface area contributed by atoms with Gasteiger partial charge in [-0.2, -0.15) is 0 Å². The lowest BCUT2D eigenvalue weighted by molar-refractivity contribution is -0.151. The first-order valence-corrected chi connectivity index (χ1v) is 9.60. The Morgan fingerprint density at radius 2 is 1.92 bits per heavy atom. The standard InChI is InChI=1S/C21H32N2O2/c1-4-18-14-8-9-16-23(18)20(25)21(2,3)19(24)22-15-10-13-17-11-6-5-7-12-17/h5-7,11-12,18H,4,8-10,13-16H2,1-3H3,(H,22,24). The van der Waals surface area contributed by atoms with Crippen LogP contribution in [0.3, 0.4) is 0 Å². The van der Waals surface area contributed by atoms with E-state index in [9.17, 15) is 9.59 Å². The summed E-state index contributed by atoms with van der Waals surface area (Å²) < 4.78 is 0. The highest BCUT2D eigenvalue weighted by atomic mass is 16.2. The van der Waals surface area contributed by atoms with Crippen molar-refractivity contribution in [1.29, 1.82) is 0 Å². The molecule has 1 aromatic rings. The predicted octanol–water partition coefficient (Wildman–Crippen LogP) is 3.55. The molecule has 1 aliphatic rings. The molecule has 0 aliphatic carbocycles. The summed E-state index contributed by atoms with van der Waals surface area (Å²) in [7, 11) is 0. The van der Waals surface area contributed by atoms with Crippen LogP contribution in [0.25, 0.3) is 0 Å². The minimum absolute atomic E-state index is 0.0281. The zero-order valence-electron chi connectivity index (χ0n) is 15.9. The second-order valence-electron chi connectivity index (χ2n) is 7.53. The molecule has 0 saturated carbocycles. The molecule has 138 valence electrons. The molecule has 4 nitrogen and oxygen atoms in total. The Hall–Kier alpha value is -1.84. The monoisotopic (exact) mass is 344 g/mol. The van der Waals surface area contributed by atoms with Gasteiger partial charge < -0.3 is 10.2 Å². The van der Waals surface area contributed by atoms with Gasteiger partial charge in [0.1, 0.15) is 5.41 Å². The number of nitrogens with one attached hydrogen (secondary N) is 1. The summed E-state index contributed by atoms with van der Waals surface area (Å²) in [6.45, 7) is 7.00. The van der Waals surface area contributed by atoms with Gasteiger partial charge in [0.05, 0.1) is 0 Å². The molecule has 0 bridgehead atoms. The number of rotatable bonds is 7. The van der Waals surface area contributed by atoms with Crippen LogP contribution >= 0.6 is 0 Å². The van der Waals surface area contributed by atoms with E-state index in [0.29, 0.717) is 6.54 Å². The maximum Gasteiger partial charge on any atom is 0.237 e. The first-order chi connectivity index (χ1) is 12.0. The number of nitrogens with zero attached hydrogens (tertiary/aromatic N) is 1. The third kappa shape index (κ3) is 5.07. The average Bonchev–Trinajstić information content (AvgIpc) is 2.65. The van der Waals surface area contributed by atoms with Crippen molar-refractivity contribution in [3.8, 4) is 0 Å². The molecule has 25 heavy (non-hydrogen) atoms. The molecular weight excluding hydrogens is 312 g/mol. The third-order valence-corrected chi connectivity index (χ3v) is 5.23. The van der Waals surface area contributed by atoms with Gasteiger partial charge in [-0.1, -0.05) is 37.3 Å². The fourth-order valence-electron chi connectivity index (χ4n) is 3.51. The van der Waals surface area contributed by atoms with Gasteiger partial charge in [-0.05, 0) is 57.9 Å². The second kappa shape index (κ2) is 9.02. The molecule has 1 saturated heterocycles. The summed E-state index contributed by atoms with van der Waals surface area (Å²) >= 11 is 0. The number of carbonyl (C=O) groups excluding carboxylic acids is 2. The van der Waals surface area contributed by atoms with Crippen molar-refractivity contribution in [3.05, 3.63) is 35.9 Å². The molecule has 0 aromatic heterocycles. The fourth-order valence-corrected chi connectivity index (χ4v) is 3.51. The van der Waals surface area contributed by atoms with E-state index in [0.717, 1.165) is 38.6 Å². The first-order valence-electron chi connectivity index (χ1n) is 9.60. The van der Waals surface area contributed by atoms with E-state index in [1.54, 1.807) is 13.8 Å². The molecule has 1 fully saturated rings. The fraction of sp³-hybridized carbons (Fsp3) is 0.619. The van der Waals surface area contributed by atoms with Crippen LogP contribution in [0.5, 0.6) is 0 Å². The minimum Gasteiger partial charge on any atom is -0.355 e. The normalized spacial score (nSPS) is 18.0. The van der Waals surface area contributed by atoms with Gasteiger partial charge in [-0.3, -0.25) is 9.59 Å². The van der Waals surface area contributed by atoms with E-state index in [1.165, 1.54) is 12.0 Å². The van der Waals surface area contributed by atoms with Gasteiger partial charge in [0.25, 0.3) is 0 Å². The van der Waals surface area contributed by atoms with Crippen LogP contribution in [0.15, 0.2) is 30.3 Å². The van der Waals surface area contributed by atoms with Crippen LogP contribution < -0.4 is 5.32 Å². The number of carbonyl (C=O) groups is 2. The maximum absolute atomic E-state index is 12.9. The van der Waals surface area contributed by atoms with Crippen molar-refractivity contribution >= 4 is 11.8 Å². The number of piperidine rings is 1. The van der Waals surface area contributed by atoms with Gasteiger partial charge in [-0.15, -0.1) is 0 Å². The van der Waals surface area contributed by atoms with Crippen LogP contribution in [0.2, 0.25) is 0 Å². The van der Waals surface area contributed by atoms with E-state index >= 15 is 0 Å². The van der Waals surface area contributed by atoms with Crippen LogP contribution in [-0.2, 0) is 16.0 Å². The molecule has 1 aromatic carbocycles. The lowest BCUT2D eigenvalue weighted by Gasteiger charge is -2.39. The van der Waals surface area contributed by atoms with E-state index in [2.05, 4.69) is 24.4 Å². The van der Waals surface area contributed by atoms with Crippen molar-refractivity contribution in [2.24, 2.45) is 5.41 Å². The Labute approximate surface area is 152 Å². The van der Waals surface area contributed by atoms with Gasteiger partial charge in [0, 0.05) is 19.1 Å². The Morgan fingerprint density at radius 1 is 1.20 bits per heavy atom. The molecule has 2 amide bonds. The van der Waals surface area contributed by atoms with Gasteiger partial charge in [-0.25, -0.2) is 0 Å². The molecule has 0 radical (unpaired) electrons. The van der Waals surface area contributed by atoms with Crippen molar-refractivity contribution in [2.75, 3.05) is 13.1 Å². The summed E-state index contributed by atoms with van der Waals surface area (Å²) in [4.78, 5) is 27.5. The van der Waals surface area contributed by atoms with Crippen LogP contribution in [0.1, 0.15) is 58.4 Å². The largest absolute Gasteiger partial charge is 0.355 e. The number of benzene rings is 1. The van der Waals surface area contributed by atoms with Crippen LogP contribution in [-0.4, -0.2) is 35.8 Å². The maximum atomic E-state index is 12.9. The lowest BCUT2D eigenvalue weighted by Crippen LogP contribution is -2.54. The van der Waals surface area contributed by atoms with E-state index in [4.69, 9.17) is 0 Å². The lowest BCUT2D eigenvalue weighted by atomic mass is 9.87. The molecule has 2 rings (SSSR count). The summed E-state index contributed by atoms with van der Waals surface area (Å²) in [5.41, 5.74) is 0.267. The average molecular weight is 344 g/mol. The molecule has 1 unspecified atom stereocenters. The second-order valence-corrected chi connectivity index (χ2v) is 7.53. The highest BCUT2D eigenvalue weighted by Gasteiger charge is 2.41. The summed E-state index contributed by atoms with van der Waals surface area (Å²) in [6.07, 6.45) is 6.03. The smallest absolute Gasteiger partial charge is 0.237 e. The number of hydrogen-bond donors (Lipinski definition) is 1. The first kappa shape index (κ1) is 19.5. The molecule has 1 atom stereocenters. The number of hydrogen-bond acceptors (Lipinski definition) is 2. The van der Waals surface area contributed by atoms with Gasteiger partial charge >= 0.3 is 0 Å². The zero-order valence-corrected chi connectivity index (χ0v) is 15.9. The minimum atomic E-state index is -1.00. The highest BCUT2D eigenvalue weighted by molar-refractivity contribution is 6.04.